The van der Waals surface area contributed by atoms with Crippen molar-refractivity contribution in [3.63, 3.8) is 0 Å². The van der Waals surface area contributed by atoms with E-state index in [4.69, 9.17) is 13.9 Å². The van der Waals surface area contributed by atoms with E-state index in [9.17, 15) is 22.8 Å². The third kappa shape index (κ3) is 7.99. The van der Waals surface area contributed by atoms with Crippen LogP contribution >= 0.6 is 0 Å². The minimum absolute atomic E-state index is 0.00996. The van der Waals surface area contributed by atoms with Crippen LogP contribution in [-0.4, -0.2) is 73.4 Å². The number of nitrogens with zero attached hydrogens (tertiary/aromatic N) is 2. The van der Waals surface area contributed by atoms with Gasteiger partial charge in [-0.1, -0.05) is 12.7 Å². The number of rotatable bonds is 12. The van der Waals surface area contributed by atoms with E-state index in [0.29, 0.717) is 59.4 Å². The van der Waals surface area contributed by atoms with Crippen LogP contribution in [0.25, 0.3) is 33.4 Å². The smallest absolute Gasteiger partial charge is 0.338 e. The van der Waals surface area contributed by atoms with Crippen LogP contribution in [0.3, 0.4) is 0 Å². The largest absolute Gasteiger partial charge is 0.466 e. The van der Waals surface area contributed by atoms with Gasteiger partial charge in [0.25, 0.3) is 5.91 Å². The molecule has 11 nitrogen and oxygen atoms in total. The lowest BCUT2D eigenvalue weighted by Gasteiger charge is -2.22. The van der Waals surface area contributed by atoms with Crippen LogP contribution in [0.15, 0.2) is 71.7 Å². The highest BCUT2D eigenvalue weighted by atomic mass is 32.2. The van der Waals surface area contributed by atoms with E-state index in [1.165, 1.54) is 24.3 Å². The van der Waals surface area contributed by atoms with E-state index in [2.05, 4.69) is 6.58 Å². The molecule has 242 valence electrons. The predicted molar refractivity (Wildman–Crippen MR) is 177 cm³/mol. The van der Waals surface area contributed by atoms with E-state index in [1.54, 1.807) is 6.92 Å². The van der Waals surface area contributed by atoms with Gasteiger partial charge in [0.2, 0.25) is 15.4 Å². The maximum absolute atomic E-state index is 13.4. The maximum Gasteiger partial charge on any atom is 0.338 e. The molecule has 0 radical (unpaired) electrons. The second kappa shape index (κ2) is 14.4. The number of nitrogens with one attached hydrogen (secondary N) is 1. The first-order valence-electron chi connectivity index (χ1n) is 14.6. The van der Waals surface area contributed by atoms with Gasteiger partial charge < -0.3 is 18.8 Å². The Morgan fingerprint density at radius 1 is 1.02 bits per heavy atom. The zero-order chi connectivity index (χ0) is 33.6. The molecule has 46 heavy (non-hydrogen) atoms. The average molecular weight is 649 g/mol. The van der Waals surface area contributed by atoms with Gasteiger partial charge in [-0.05, 0) is 55.3 Å². The molecule has 0 saturated carbocycles. The van der Waals surface area contributed by atoms with Crippen molar-refractivity contribution in [3.8, 4) is 22.5 Å². The van der Waals surface area contributed by atoms with Gasteiger partial charge in [0, 0.05) is 59.9 Å². The van der Waals surface area contributed by atoms with Gasteiger partial charge in [0.1, 0.15) is 32.0 Å². The number of hydrogen-bond donors (Lipinski definition) is 1. The number of carbonyl (C=O) groups excluding carboxylic acids is 3. The van der Waals surface area contributed by atoms with Crippen LogP contribution in [0.1, 0.15) is 40.5 Å². The van der Waals surface area contributed by atoms with E-state index in [0.717, 1.165) is 17.3 Å². The number of ether oxygens (including phenoxy) is 2. The quantitative estimate of drug-likeness (QED) is 0.105. The van der Waals surface area contributed by atoms with Gasteiger partial charge >= 0.3 is 11.9 Å². The summed E-state index contributed by atoms with van der Waals surface area (Å²) in [5.41, 5.74) is 3.03. The Labute approximate surface area is 268 Å². The van der Waals surface area contributed by atoms with Crippen molar-refractivity contribution >= 4 is 44.5 Å². The molecule has 0 bridgehead atoms. The van der Waals surface area contributed by atoms with Crippen LogP contribution in [0.4, 0.5) is 5.69 Å². The number of esters is 2. The van der Waals surface area contributed by atoms with Crippen molar-refractivity contribution in [2.75, 3.05) is 52.1 Å². The number of anilines is 1. The first kappa shape index (κ1) is 33.9. The molecule has 1 amide bonds. The average Bonchev–Trinajstić information content (AvgIpc) is 3.00. The van der Waals surface area contributed by atoms with Crippen LogP contribution in [0.5, 0.6) is 0 Å². The molecule has 0 unspecified atom stereocenters. The van der Waals surface area contributed by atoms with Gasteiger partial charge in [-0.25, -0.2) is 22.5 Å². The number of hydrogen-bond acceptors (Lipinski definition) is 9. The highest BCUT2D eigenvalue weighted by Crippen LogP contribution is 2.42. The SMILES string of the molecule is C=CCOC(=O)c1ccc(C(=O)NS(C)(=O)=O)c(-c2c3ccc(=[N+](C)C)cc-3oc3cc(N(C)CCCC(=O)OCC)ccc23)c1. The molecule has 0 spiro atoms. The molecule has 0 fully saturated rings. The molecule has 2 aromatic carbocycles. The normalized spacial score (nSPS) is 11.2. The zero-order valence-corrected chi connectivity index (χ0v) is 27.4. The zero-order valence-electron chi connectivity index (χ0n) is 26.6. The van der Waals surface area contributed by atoms with Crippen molar-refractivity contribution in [3.05, 3.63) is 83.7 Å². The fraction of sp³-hybridized carbons (Fsp3) is 0.294. The van der Waals surface area contributed by atoms with E-state index in [1.807, 2.05) is 71.7 Å². The van der Waals surface area contributed by atoms with Crippen LogP contribution in [0, 0.1) is 0 Å². The molecule has 0 aromatic heterocycles. The molecule has 4 rings (SSSR count). The van der Waals surface area contributed by atoms with Crippen LogP contribution in [-0.2, 0) is 24.3 Å². The maximum atomic E-state index is 13.4. The highest BCUT2D eigenvalue weighted by molar-refractivity contribution is 7.89. The fourth-order valence-electron chi connectivity index (χ4n) is 5.01. The Kier molecular flexibility index (Phi) is 10.6. The summed E-state index contributed by atoms with van der Waals surface area (Å²) in [6.07, 6.45) is 3.22. The van der Waals surface area contributed by atoms with Crippen molar-refractivity contribution < 1.29 is 36.7 Å². The Morgan fingerprint density at radius 2 is 1.78 bits per heavy atom. The predicted octanol–water partition coefficient (Wildman–Crippen LogP) is 4.05. The van der Waals surface area contributed by atoms with Crippen LogP contribution < -0.4 is 19.6 Å². The lowest BCUT2D eigenvalue weighted by molar-refractivity contribution is -0.143. The Hall–Kier alpha value is -4.97. The second-order valence-corrected chi connectivity index (χ2v) is 12.7. The summed E-state index contributed by atoms with van der Waals surface area (Å²) in [6, 6.07) is 15.6. The monoisotopic (exact) mass is 648 g/mol. The molecular formula is C34H38N3O8S+. The van der Waals surface area contributed by atoms with E-state index < -0.39 is 21.9 Å². The molecule has 0 saturated heterocycles. The summed E-state index contributed by atoms with van der Waals surface area (Å²) in [5.74, 6) is -1.23. The first-order valence-corrected chi connectivity index (χ1v) is 16.5. The molecule has 1 aliphatic heterocycles. The molecule has 1 heterocycles. The molecule has 0 atom stereocenters. The Balaban J connectivity index is 1.96. The van der Waals surface area contributed by atoms with Crippen molar-refractivity contribution in [2.45, 2.75) is 19.8 Å². The van der Waals surface area contributed by atoms with E-state index in [-0.39, 0.29) is 23.7 Å². The van der Waals surface area contributed by atoms with Gasteiger partial charge in [-0.3, -0.25) is 9.59 Å². The van der Waals surface area contributed by atoms with E-state index >= 15 is 0 Å². The molecular weight excluding hydrogens is 610 g/mol. The van der Waals surface area contributed by atoms with Gasteiger partial charge in [0.15, 0.2) is 0 Å². The highest BCUT2D eigenvalue weighted by Gasteiger charge is 2.25. The number of sulfonamides is 1. The van der Waals surface area contributed by atoms with Gasteiger partial charge in [-0.15, -0.1) is 0 Å². The minimum atomic E-state index is -3.90. The topological polar surface area (TPSA) is 135 Å². The third-order valence-electron chi connectivity index (χ3n) is 7.21. The summed E-state index contributed by atoms with van der Waals surface area (Å²) in [6.45, 7) is 6.26. The van der Waals surface area contributed by atoms with Gasteiger partial charge in [-0.2, -0.15) is 0 Å². The Morgan fingerprint density at radius 3 is 2.46 bits per heavy atom. The lowest BCUT2D eigenvalue weighted by Crippen LogP contribution is -2.29. The molecule has 1 N–H and O–H groups in total. The van der Waals surface area contributed by atoms with Gasteiger partial charge in [0.05, 0.1) is 24.5 Å². The number of benzene rings is 3. The van der Waals surface area contributed by atoms with Crippen molar-refractivity contribution in [1.29, 1.82) is 0 Å². The standard InChI is InChI=1S/C34H37N3O8S/c1-7-18-44-34(40)22-11-14-25(33(39)35-46(6,41)42)28(19-22)32-26-15-12-23(36(3)4)20-29(26)45-30-21-24(13-16-27(30)32)37(5)17-9-10-31(38)43-8-2/h7,11-16,19-21H,1,8-10,17-18H2,2-6H3/p+1. The Bertz CT molecular complexity index is 1960. The summed E-state index contributed by atoms with van der Waals surface area (Å²) in [5, 5.41) is 1.49. The molecule has 2 aliphatic rings. The van der Waals surface area contributed by atoms with Crippen molar-refractivity contribution in [2.24, 2.45) is 0 Å². The summed E-state index contributed by atoms with van der Waals surface area (Å²) < 4.78 is 44.8. The molecule has 12 heteroatoms. The summed E-state index contributed by atoms with van der Waals surface area (Å²) in [4.78, 5) is 40.1. The van der Waals surface area contributed by atoms with Crippen LogP contribution in [0.2, 0.25) is 0 Å². The van der Waals surface area contributed by atoms with Crippen molar-refractivity contribution in [1.82, 2.24) is 9.30 Å². The molecule has 2 aromatic rings. The summed E-state index contributed by atoms with van der Waals surface area (Å²) >= 11 is 0. The summed E-state index contributed by atoms with van der Waals surface area (Å²) in [7, 11) is 1.81. The minimum Gasteiger partial charge on any atom is -0.466 e. The lowest BCUT2D eigenvalue weighted by atomic mass is 9.89. The third-order valence-corrected chi connectivity index (χ3v) is 7.76. The fourth-order valence-corrected chi connectivity index (χ4v) is 5.46. The first-order chi connectivity index (χ1) is 21.8. The number of amides is 1. The molecule has 1 aliphatic carbocycles. The number of carbonyl (C=O) groups is 3. The second-order valence-electron chi connectivity index (χ2n) is 10.9. The number of fused-ring (bicyclic) bond motifs is 2.